The number of benzene rings is 2. The normalized spacial score (nSPS) is 16.2. The molecule has 0 fully saturated rings. The van der Waals surface area contributed by atoms with Gasteiger partial charge in [0.15, 0.2) is 22.3 Å². The largest absolute Gasteiger partial charge is 0.454 e. The number of amides is 1. The van der Waals surface area contributed by atoms with Crippen LogP contribution in [0.25, 0.3) is 16.7 Å². The van der Waals surface area contributed by atoms with Crippen molar-refractivity contribution in [2.75, 3.05) is 17.9 Å². The van der Waals surface area contributed by atoms with Crippen LogP contribution < -0.4 is 20.3 Å². The number of rotatable bonds is 4. The van der Waals surface area contributed by atoms with Crippen LogP contribution in [0.1, 0.15) is 18.0 Å². The van der Waals surface area contributed by atoms with E-state index in [4.69, 9.17) is 14.5 Å². The van der Waals surface area contributed by atoms with Crippen LogP contribution in [0.3, 0.4) is 0 Å². The van der Waals surface area contributed by atoms with Crippen LogP contribution in [-0.2, 0) is 4.79 Å². The number of hydrogen-bond donors (Lipinski definition) is 1. The Balaban J connectivity index is 1.27. The number of aryl methyl sites for hydroxylation is 1. The van der Waals surface area contributed by atoms with Gasteiger partial charge in [0.25, 0.3) is 5.56 Å². The molecule has 6 rings (SSSR count). The van der Waals surface area contributed by atoms with Gasteiger partial charge in [-0.05, 0) is 31.2 Å². The van der Waals surface area contributed by atoms with Gasteiger partial charge in [-0.1, -0.05) is 29.5 Å². The minimum Gasteiger partial charge on any atom is -0.454 e. The second-order valence-corrected chi connectivity index (χ2v) is 8.97. The van der Waals surface area contributed by atoms with E-state index < -0.39 is 0 Å². The Kier molecular flexibility index (Phi) is 4.61. The molecule has 0 bridgehead atoms. The molecular formula is C23H19N5O4S. The van der Waals surface area contributed by atoms with Crippen molar-refractivity contribution in [3.05, 3.63) is 64.6 Å². The van der Waals surface area contributed by atoms with Crippen molar-refractivity contribution in [1.82, 2.24) is 19.3 Å². The lowest BCUT2D eigenvalue weighted by atomic mass is 10.2. The number of hydrogen-bond acceptors (Lipinski definition) is 7. The third kappa shape index (κ3) is 3.43. The first-order valence-corrected chi connectivity index (χ1v) is 11.4. The summed E-state index contributed by atoms with van der Waals surface area (Å²) in [6, 6.07) is 12.9. The summed E-state index contributed by atoms with van der Waals surface area (Å²) in [7, 11) is 0. The molecule has 0 radical (unpaired) electrons. The van der Waals surface area contributed by atoms with Gasteiger partial charge < -0.3 is 14.8 Å². The van der Waals surface area contributed by atoms with E-state index >= 15 is 0 Å². The van der Waals surface area contributed by atoms with Crippen LogP contribution in [0.2, 0.25) is 0 Å². The van der Waals surface area contributed by atoms with E-state index in [-0.39, 0.29) is 30.7 Å². The first-order chi connectivity index (χ1) is 16.1. The van der Waals surface area contributed by atoms with Crippen molar-refractivity contribution in [2.45, 2.75) is 24.5 Å². The smallest absolute Gasteiger partial charge is 0.265 e. The van der Waals surface area contributed by atoms with Crippen LogP contribution in [0, 0.1) is 6.92 Å². The standard InChI is InChI=1S/C23H19N5O4S/c1-13-2-5-15(6-3-13)28-21-17(10-24-28)22(30)27-16(11-33-23(27)26-21)9-20(29)25-14-4-7-18-19(8-14)32-12-31-18/h2-8,10,16H,9,11-12H2,1H3,(H,25,29). The molecule has 1 unspecified atom stereocenters. The van der Waals surface area contributed by atoms with Crippen molar-refractivity contribution in [3.63, 3.8) is 0 Å². The van der Waals surface area contributed by atoms with E-state index in [1.54, 1.807) is 33.6 Å². The Bertz CT molecular complexity index is 1460. The van der Waals surface area contributed by atoms with Gasteiger partial charge >= 0.3 is 0 Å². The van der Waals surface area contributed by atoms with Crippen molar-refractivity contribution in [2.24, 2.45) is 0 Å². The number of aromatic nitrogens is 4. The van der Waals surface area contributed by atoms with Crippen molar-refractivity contribution in [1.29, 1.82) is 0 Å². The molecule has 4 aromatic rings. The van der Waals surface area contributed by atoms with Crippen molar-refractivity contribution < 1.29 is 14.3 Å². The van der Waals surface area contributed by atoms with E-state index in [0.29, 0.717) is 39.1 Å². The van der Waals surface area contributed by atoms with Crippen molar-refractivity contribution in [3.8, 4) is 17.2 Å². The molecule has 10 heteroatoms. The summed E-state index contributed by atoms with van der Waals surface area (Å²) < 4.78 is 14.0. The summed E-state index contributed by atoms with van der Waals surface area (Å²) in [6.07, 6.45) is 1.71. The third-order valence-electron chi connectivity index (χ3n) is 5.73. The second-order valence-electron chi connectivity index (χ2n) is 7.98. The van der Waals surface area contributed by atoms with Gasteiger partial charge in [-0.2, -0.15) is 5.10 Å². The zero-order chi connectivity index (χ0) is 22.5. The van der Waals surface area contributed by atoms with Gasteiger partial charge in [0.1, 0.15) is 5.39 Å². The first kappa shape index (κ1) is 19.9. The zero-order valence-electron chi connectivity index (χ0n) is 17.6. The lowest BCUT2D eigenvalue weighted by Crippen LogP contribution is -2.27. The zero-order valence-corrected chi connectivity index (χ0v) is 18.5. The van der Waals surface area contributed by atoms with E-state index in [0.717, 1.165) is 11.3 Å². The molecule has 1 amide bonds. The number of anilines is 1. The fourth-order valence-electron chi connectivity index (χ4n) is 4.06. The number of nitrogens with one attached hydrogen (secondary N) is 1. The molecule has 0 saturated carbocycles. The van der Waals surface area contributed by atoms with E-state index in [1.807, 2.05) is 31.2 Å². The van der Waals surface area contributed by atoms with Gasteiger partial charge in [0, 0.05) is 23.9 Å². The van der Waals surface area contributed by atoms with E-state index in [2.05, 4.69) is 10.4 Å². The maximum atomic E-state index is 13.3. The van der Waals surface area contributed by atoms with Gasteiger partial charge in [-0.15, -0.1) is 0 Å². The summed E-state index contributed by atoms with van der Waals surface area (Å²) in [6.45, 7) is 2.19. The fraction of sp³-hybridized carbons (Fsp3) is 0.217. The summed E-state index contributed by atoms with van der Waals surface area (Å²) in [5.41, 5.74) is 2.94. The molecule has 0 saturated heterocycles. The molecule has 0 aliphatic carbocycles. The molecule has 9 nitrogen and oxygen atoms in total. The molecule has 1 N–H and O–H groups in total. The van der Waals surface area contributed by atoms with Crippen LogP contribution >= 0.6 is 11.8 Å². The topological polar surface area (TPSA) is 100 Å². The summed E-state index contributed by atoms with van der Waals surface area (Å²) in [4.78, 5) is 30.7. The number of ether oxygens (including phenoxy) is 2. The second kappa shape index (κ2) is 7.66. The SMILES string of the molecule is Cc1ccc(-n2ncc3c(=O)n4c(nc32)SCC4CC(=O)Nc2ccc3c(c2)OCO3)cc1. The molecule has 2 aromatic heterocycles. The summed E-state index contributed by atoms with van der Waals surface area (Å²) >= 11 is 1.47. The lowest BCUT2D eigenvalue weighted by Gasteiger charge is -2.13. The molecule has 4 heterocycles. The molecule has 0 spiro atoms. The van der Waals surface area contributed by atoms with Crippen LogP contribution in [0.5, 0.6) is 11.5 Å². The number of carbonyl (C=O) groups excluding carboxylic acids is 1. The van der Waals surface area contributed by atoms with E-state index in [9.17, 15) is 9.59 Å². The first-order valence-electron chi connectivity index (χ1n) is 10.5. The predicted octanol–water partition coefficient (Wildman–Crippen LogP) is 3.29. The molecular weight excluding hydrogens is 442 g/mol. The van der Waals surface area contributed by atoms with Crippen LogP contribution in [0.4, 0.5) is 5.69 Å². The number of thioether (sulfide) groups is 1. The van der Waals surface area contributed by atoms with Gasteiger partial charge in [-0.3, -0.25) is 14.2 Å². The predicted molar refractivity (Wildman–Crippen MR) is 123 cm³/mol. The number of carbonyl (C=O) groups is 1. The van der Waals surface area contributed by atoms with Gasteiger partial charge in [0.05, 0.1) is 17.9 Å². The van der Waals surface area contributed by atoms with Gasteiger partial charge in [-0.25, -0.2) is 9.67 Å². The minimum absolute atomic E-state index is 0.160. The van der Waals surface area contributed by atoms with Crippen molar-refractivity contribution >= 4 is 34.4 Å². The summed E-state index contributed by atoms with van der Waals surface area (Å²) in [5, 5.41) is 8.31. The lowest BCUT2D eigenvalue weighted by molar-refractivity contribution is -0.116. The molecule has 33 heavy (non-hydrogen) atoms. The highest BCUT2D eigenvalue weighted by atomic mass is 32.2. The Morgan fingerprint density at radius 3 is 2.85 bits per heavy atom. The quantitative estimate of drug-likeness (QED) is 0.466. The Morgan fingerprint density at radius 1 is 1.18 bits per heavy atom. The van der Waals surface area contributed by atoms with E-state index in [1.165, 1.54) is 11.8 Å². The average molecular weight is 462 g/mol. The fourth-order valence-corrected chi connectivity index (χ4v) is 5.19. The number of nitrogens with zero attached hydrogens (tertiary/aromatic N) is 4. The average Bonchev–Trinajstić information content (AvgIpc) is 3.53. The molecule has 1 atom stereocenters. The molecule has 2 aliphatic heterocycles. The van der Waals surface area contributed by atoms with Gasteiger partial charge in [0.2, 0.25) is 12.7 Å². The molecule has 2 aliphatic rings. The Hall–Kier alpha value is -3.79. The highest BCUT2D eigenvalue weighted by Crippen LogP contribution is 2.36. The number of fused-ring (bicyclic) bond motifs is 3. The highest BCUT2D eigenvalue weighted by molar-refractivity contribution is 7.99. The maximum Gasteiger partial charge on any atom is 0.265 e. The Labute approximate surface area is 192 Å². The molecule has 166 valence electrons. The highest BCUT2D eigenvalue weighted by Gasteiger charge is 2.29. The minimum atomic E-state index is -0.286. The monoisotopic (exact) mass is 461 g/mol. The van der Waals surface area contributed by atoms with Crippen LogP contribution in [-0.4, -0.2) is 37.8 Å². The maximum absolute atomic E-state index is 13.3. The molecule has 2 aromatic carbocycles. The van der Waals surface area contributed by atoms with Crippen LogP contribution in [0.15, 0.2) is 58.6 Å². The Morgan fingerprint density at radius 2 is 2.00 bits per heavy atom. The third-order valence-corrected chi connectivity index (χ3v) is 6.82. The summed E-state index contributed by atoms with van der Waals surface area (Å²) in [5.74, 6) is 1.67.